The van der Waals surface area contributed by atoms with Crippen molar-refractivity contribution in [1.29, 1.82) is 0 Å². The molecule has 0 aliphatic carbocycles. The molecule has 9 heteroatoms. The number of aromatic amines is 1. The van der Waals surface area contributed by atoms with Crippen LogP contribution in [0, 0.1) is 5.92 Å². The summed E-state index contributed by atoms with van der Waals surface area (Å²) in [5, 5.41) is 6.18. The SMILES string of the molecule is CC1CN(Cc2ccc(Cl)cc2Cl)CC1c1nn2c(C3CCOCC3)ncc2c(=O)[nH]1. The summed E-state index contributed by atoms with van der Waals surface area (Å²) in [4.78, 5) is 22.7. The average Bonchev–Trinajstić information content (AvgIpc) is 3.34. The predicted octanol–water partition coefficient (Wildman–Crippen LogP) is 3.85. The molecule has 1 aromatic carbocycles. The highest BCUT2D eigenvalue weighted by Crippen LogP contribution is 2.33. The zero-order valence-corrected chi connectivity index (χ0v) is 18.9. The molecule has 5 rings (SSSR count). The van der Waals surface area contributed by atoms with Gasteiger partial charge in [-0.1, -0.05) is 36.2 Å². The van der Waals surface area contributed by atoms with E-state index in [1.165, 1.54) is 0 Å². The van der Waals surface area contributed by atoms with Crippen molar-refractivity contribution in [1.82, 2.24) is 24.5 Å². The van der Waals surface area contributed by atoms with Crippen molar-refractivity contribution in [2.45, 2.75) is 38.1 Å². The van der Waals surface area contributed by atoms with E-state index in [1.807, 2.05) is 12.1 Å². The van der Waals surface area contributed by atoms with E-state index in [0.717, 1.165) is 62.9 Å². The lowest BCUT2D eigenvalue weighted by Crippen LogP contribution is -2.24. The van der Waals surface area contributed by atoms with E-state index in [2.05, 4.69) is 21.8 Å². The third kappa shape index (κ3) is 4.12. The summed E-state index contributed by atoms with van der Waals surface area (Å²) in [6.07, 6.45) is 3.43. The number of hydrogen-bond donors (Lipinski definition) is 1. The molecule has 2 unspecified atom stereocenters. The summed E-state index contributed by atoms with van der Waals surface area (Å²) in [5.74, 6) is 2.33. The molecule has 2 atom stereocenters. The molecule has 4 heterocycles. The number of likely N-dealkylation sites (tertiary alicyclic amines) is 1. The van der Waals surface area contributed by atoms with Crippen LogP contribution in [0.25, 0.3) is 5.52 Å². The molecular weight excluding hydrogens is 437 g/mol. The maximum Gasteiger partial charge on any atom is 0.276 e. The van der Waals surface area contributed by atoms with Gasteiger partial charge in [0, 0.05) is 54.7 Å². The van der Waals surface area contributed by atoms with Crippen molar-refractivity contribution in [3.8, 4) is 0 Å². The molecule has 2 saturated heterocycles. The molecule has 7 nitrogen and oxygen atoms in total. The van der Waals surface area contributed by atoms with E-state index in [1.54, 1.807) is 16.8 Å². The lowest BCUT2D eigenvalue weighted by molar-refractivity contribution is 0.0832. The smallest absolute Gasteiger partial charge is 0.276 e. The molecule has 31 heavy (non-hydrogen) atoms. The summed E-state index contributed by atoms with van der Waals surface area (Å²) >= 11 is 12.4. The molecule has 164 valence electrons. The van der Waals surface area contributed by atoms with Crippen LogP contribution in [0.3, 0.4) is 0 Å². The first-order chi connectivity index (χ1) is 15.0. The minimum atomic E-state index is -0.137. The van der Waals surface area contributed by atoms with E-state index in [0.29, 0.717) is 21.5 Å². The van der Waals surface area contributed by atoms with Crippen molar-refractivity contribution < 1.29 is 4.74 Å². The van der Waals surface area contributed by atoms with E-state index in [9.17, 15) is 4.79 Å². The van der Waals surface area contributed by atoms with Crippen LogP contribution in [-0.4, -0.2) is 50.8 Å². The van der Waals surface area contributed by atoms with Gasteiger partial charge in [0.25, 0.3) is 5.56 Å². The number of halogens is 2. The monoisotopic (exact) mass is 461 g/mol. The normalized spacial score (nSPS) is 23.1. The Morgan fingerprint density at radius 3 is 2.81 bits per heavy atom. The molecule has 0 radical (unpaired) electrons. The Morgan fingerprint density at radius 2 is 2.03 bits per heavy atom. The Balaban J connectivity index is 1.41. The van der Waals surface area contributed by atoms with Gasteiger partial charge in [0.1, 0.15) is 11.6 Å². The summed E-state index contributed by atoms with van der Waals surface area (Å²) in [6.45, 7) is 6.08. The third-order valence-electron chi connectivity index (χ3n) is 6.48. The number of ether oxygens (including phenoxy) is 1. The summed E-state index contributed by atoms with van der Waals surface area (Å²) in [7, 11) is 0. The molecule has 0 saturated carbocycles. The summed E-state index contributed by atoms with van der Waals surface area (Å²) in [5.41, 5.74) is 1.41. The van der Waals surface area contributed by atoms with Gasteiger partial charge in [-0.05, 0) is 36.5 Å². The Kier molecular flexibility index (Phi) is 5.77. The van der Waals surface area contributed by atoms with Gasteiger partial charge in [-0.2, -0.15) is 5.10 Å². The van der Waals surface area contributed by atoms with Gasteiger partial charge in [0.2, 0.25) is 0 Å². The van der Waals surface area contributed by atoms with E-state index in [-0.39, 0.29) is 17.4 Å². The first-order valence-electron chi connectivity index (χ1n) is 10.7. The second-order valence-electron chi connectivity index (χ2n) is 8.65. The molecule has 1 N–H and O–H groups in total. The summed E-state index contributed by atoms with van der Waals surface area (Å²) < 4.78 is 7.24. The Bertz CT molecular complexity index is 1150. The molecule has 0 bridgehead atoms. The van der Waals surface area contributed by atoms with Crippen LogP contribution in [0.2, 0.25) is 10.0 Å². The minimum Gasteiger partial charge on any atom is -0.381 e. The number of nitrogens with zero attached hydrogens (tertiary/aromatic N) is 4. The van der Waals surface area contributed by atoms with Gasteiger partial charge in [-0.15, -0.1) is 0 Å². The highest BCUT2D eigenvalue weighted by molar-refractivity contribution is 6.35. The Labute approximate surface area is 190 Å². The predicted molar refractivity (Wildman–Crippen MR) is 120 cm³/mol. The second-order valence-corrected chi connectivity index (χ2v) is 9.50. The molecule has 0 amide bonds. The first-order valence-corrected chi connectivity index (χ1v) is 11.5. The molecule has 2 fully saturated rings. The van der Waals surface area contributed by atoms with E-state index in [4.69, 9.17) is 33.0 Å². The second kappa shape index (κ2) is 8.54. The zero-order chi connectivity index (χ0) is 21.5. The van der Waals surface area contributed by atoms with E-state index >= 15 is 0 Å². The van der Waals surface area contributed by atoms with Crippen LogP contribution in [-0.2, 0) is 11.3 Å². The summed E-state index contributed by atoms with van der Waals surface area (Å²) in [6, 6.07) is 5.61. The quantitative estimate of drug-likeness (QED) is 0.638. The van der Waals surface area contributed by atoms with Gasteiger partial charge in [0.05, 0.1) is 6.20 Å². The van der Waals surface area contributed by atoms with Crippen molar-refractivity contribution in [3.63, 3.8) is 0 Å². The fourth-order valence-electron chi connectivity index (χ4n) is 4.78. The third-order valence-corrected chi connectivity index (χ3v) is 7.07. The van der Waals surface area contributed by atoms with Crippen LogP contribution in [0.5, 0.6) is 0 Å². The number of imidazole rings is 1. The highest BCUT2D eigenvalue weighted by Gasteiger charge is 2.33. The van der Waals surface area contributed by atoms with Crippen LogP contribution < -0.4 is 5.56 Å². The van der Waals surface area contributed by atoms with Gasteiger partial charge in [-0.25, -0.2) is 9.50 Å². The van der Waals surface area contributed by atoms with Crippen molar-refractivity contribution >= 4 is 28.7 Å². The van der Waals surface area contributed by atoms with Crippen LogP contribution in [0.1, 0.15) is 48.8 Å². The topological polar surface area (TPSA) is 75.5 Å². The minimum absolute atomic E-state index is 0.133. The molecule has 2 aromatic heterocycles. The number of rotatable bonds is 4. The molecular formula is C22H25Cl2N5O2. The standard InChI is InChI=1S/C22H25Cl2N5O2/c1-13-10-28(11-15-2-3-16(23)8-18(15)24)12-17(13)20-26-22(30)19-9-25-21(29(19)27-20)14-4-6-31-7-5-14/h2-3,8-9,13-14,17H,4-7,10-12H2,1H3,(H,26,27,30). The van der Waals surface area contributed by atoms with Crippen molar-refractivity contribution in [2.75, 3.05) is 26.3 Å². The molecule has 3 aromatic rings. The zero-order valence-electron chi connectivity index (χ0n) is 17.4. The van der Waals surface area contributed by atoms with Crippen LogP contribution in [0.4, 0.5) is 0 Å². The van der Waals surface area contributed by atoms with Gasteiger partial charge >= 0.3 is 0 Å². The number of fused-ring (bicyclic) bond motifs is 1. The molecule has 2 aliphatic heterocycles. The van der Waals surface area contributed by atoms with Crippen molar-refractivity contribution in [2.24, 2.45) is 5.92 Å². The molecule has 2 aliphatic rings. The fraction of sp³-hybridized carbons (Fsp3) is 0.500. The van der Waals surface area contributed by atoms with Gasteiger partial charge in [0.15, 0.2) is 5.52 Å². The van der Waals surface area contributed by atoms with Crippen molar-refractivity contribution in [3.05, 3.63) is 62.0 Å². The lowest BCUT2D eigenvalue weighted by atomic mass is 9.97. The number of nitrogens with one attached hydrogen (secondary N) is 1. The van der Waals surface area contributed by atoms with Gasteiger partial charge in [-0.3, -0.25) is 9.69 Å². The number of H-pyrrole nitrogens is 1. The first kappa shape index (κ1) is 20.9. The average molecular weight is 462 g/mol. The molecule has 0 spiro atoms. The number of benzene rings is 1. The maximum atomic E-state index is 12.8. The number of hydrogen-bond acceptors (Lipinski definition) is 5. The lowest BCUT2D eigenvalue weighted by Gasteiger charge is -2.21. The maximum absolute atomic E-state index is 12.8. The van der Waals surface area contributed by atoms with Crippen LogP contribution in [0.15, 0.2) is 29.2 Å². The Morgan fingerprint density at radius 1 is 1.23 bits per heavy atom. The Hall–Kier alpha value is -1.93. The van der Waals surface area contributed by atoms with Gasteiger partial charge < -0.3 is 9.72 Å². The highest BCUT2D eigenvalue weighted by atomic mass is 35.5. The van der Waals surface area contributed by atoms with Crippen LogP contribution >= 0.6 is 23.2 Å². The largest absolute Gasteiger partial charge is 0.381 e. The fourth-order valence-corrected chi connectivity index (χ4v) is 5.25. The number of aromatic nitrogens is 4. The van der Waals surface area contributed by atoms with E-state index < -0.39 is 0 Å².